The van der Waals surface area contributed by atoms with Crippen molar-refractivity contribution >= 4 is 44.7 Å². The molecule has 3 heterocycles. The van der Waals surface area contributed by atoms with Crippen LogP contribution in [0.5, 0.6) is 23.1 Å². The topological polar surface area (TPSA) is 115 Å². The van der Waals surface area contributed by atoms with Crippen LogP contribution in [-0.4, -0.2) is 61.0 Å². The molecule has 0 bridgehead atoms. The molecular weight excluding hydrogens is 597 g/mol. The molecule has 0 aliphatic heterocycles. The number of aromatic nitrogens is 2. The first-order valence-electron chi connectivity index (χ1n) is 14.1. The highest BCUT2D eigenvalue weighted by atomic mass is 32.1. The summed E-state index contributed by atoms with van der Waals surface area (Å²) in [6, 6.07) is 18.3. The molecule has 2 amide bonds. The molecule has 0 atom stereocenters. The SMILES string of the molecule is COc1ccccc1NC(=O)CC(=O)Nc1ccc(Oc2ccnc3cc(-c4ccc(OCCCN(C)C)nc4)sc23)c(F)c1. The number of hydrogen-bond donors (Lipinski definition) is 2. The quantitative estimate of drug-likeness (QED) is 0.111. The van der Waals surface area contributed by atoms with Gasteiger partial charge in [-0.2, -0.15) is 0 Å². The number of fused-ring (bicyclic) bond motifs is 1. The maximum absolute atomic E-state index is 15.1. The van der Waals surface area contributed by atoms with Crippen molar-refractivity contribution in [2.75, 3.05) is 45.0 Å². The molecule has 10 nitrogen and oxygen atoms in total. The van der Waals surface area contributed by atoms with E-state index < -0.39 is 24.1 Å². The third-order valence-electron chi connectivity index (χ3n) is 6.53. The second-order valence-corrected chi connectivity index (χ2v) is 11.3. The molecule has 0 fully saturated rings. The molecule has 2 aromatic carbocycles. The Kier molecular flexibility index (Phi) is 10.2. The highest BCUT2D eigenvalue weighted by molar-refractivity contribution is 7.22. The fourth-order valence-corrected chi connectivity index (χ4v) is 5.44. The zero-order valence-corrected chi connectivity index (χ0v) is 25.8. The van der Waals surface area contributed by atoms with Crippen molar-refractivity contribution in [1.29, 1.82) is 0 Å². The van der Waals surface area contributed by atoms with Gasteiger partial charge in [0.1, 0.15) is 17.9 Å². The lowest BCUT2D eigenvalue weighted by Gasteiger charge is -2.11. The van der Waals surface area contributed by atoms with E-state index in [-0.39, 0.29) is 11.4 Å². The number of benzene rings is 2. The fraction of sp³-hybridized carbons (Fsp3) is 0.212. The average molecular weight is 630 g/mol. The largest absolute Gasteiger partial charge is 0.495 e. The molecular formula is C33H32FN5O5S. The number of para-hydroxylation sites is 2. The van der Waals surface area contributed by atoms with Crippen molar-refractivity contribution < 1.29 is 28.2 Å². The molecule has 0 aliphatic carbocycles. The Morgan fingerprint density at radius 2 is 1.76 bits per heavy atom. The van der Waals surface area contributed by atoms with Crippen LogP contribution in [-0.2, 0) is 9.59 Å². The van der Waals surface area contributed by atoms with Crippen molar-refractivity contribution in [1.82, 2.24) is 14.9 Å². The summed E-state index contributed by atoms with van der Waals surface area (Å²) < 4.78 is 32.7. The minimum absolute atomic E-state index is 0.0261. The van der Waals surface area contributed by atoms with Gasteiger partial charge in [0.2, 0.25) is 17.7 Å². The van der Waals surface area contributed by atoms with E-state index in [4.69, 9.17) is 14.2 Å². The summed E-state index contributed by atoms with van der Waals surface area (Å²) in [4.78, 5) is 36.7. The van der Waals surface area contributed by atoms with E-state index in [1.54, 1.807) is 42.7 Å². The molecule has 5 aromatic rings. The van der Waals surface area contributed by atoms with Gasteiger partial charge in [0.05, 0.1) is 29.6 Å². The summed E-state index contributed by atoms with van der Waals surface area (Å²) in [5.41, 5.74) is 2.23. The van der Waals surface area contributed by atoms with Crippen LogP contribution >= 0.6 is 11.3 Å². The summed E-state index contributed by atoms with van der Waals surface area (Å²) in [5.74, 6) is -0.376. The minimum Gasteiger partial charge on any atom is -0.495 e. The van der Waals surface area contributed by atoms with Crippen LogP contribution in [0.2, 0.25) is 0 Å². The smallest absolute Gasteiger partial charge is 0.233 e. The molecule has 12 heteroatoms. The fourth-order valence-electron chi connectivity index (χ4n) is 4.38. The van der Waals surface area contributed by atoms with Gasteiger partial charge in [-0.25, -0.2) is 9.37 Å². The molecule has 5 rings (SSSR count). The second-order valence-electron chi connectivity index (χ2n) is 10.2. The Bertz CT molecular complexity index is 1790. The van der Waals surface area contributed by atoms with E-state index in [9.17, 15) is 9.59 Å². The Labute approximate surface area is 263 Å². The number of hydrogen-bond acceptors (Lipinski definition) is 9. The summed E-state index contributed by atoms with van der Waals surface area (Å²) in [6.45, 7) is 1.53. The van der Waals surface area contributed by atoms with Gasteiger partial charge in [-0.1, -0.05) is 12.1 Å². The molecule has 0 radical (unpaired) electrons. The number of halogens is 1. The van der Waals surface area contributed by atoms with Gasteiger partial charge in [-0.05, 0) is 56.9 Å². The Morgan fingerprint density at radius 3 is 2.51 bits per heavy atom. The molecule has 0 spiro atoms. The molecule has 3 aromatic heterocycles. The number of carbonyl (C=O) groups is 2. The maximum atomic E-state index is 15.1. The third-order valence-corrected chi connectivity index (χ3v) is 7.72. The van der Waals surface area contributed by atoms with E-state index in [0.29, 0.717) is 35.2 Å². The molecule has 0 saturated carbocycles. The van der Waals surface area contributed by atoms with Crippen molar-refractivity contribution in [3.05, 3.63) is 84.9 Å². The Morgan fingerprint density at radius 1 is 0.933 bits per heavy atom. The number of nitrogens with one attached hydrogen (secondary N) is 2. The molecule has 45 heavy (non-hydrogen) atoms. The number of carbonyl (C=O) groups excluding carboxylic acids is 2. The lowest BCUT2D eigenvalue weighted by molar-refractivity contribution is -0.123. The normalized spacial score (nSPS) is 11.0. The van der Waals surface area contributed by atoms with Gasteiger partial charge in [-0.15, -0.1) is 11.3 Å². The zero-order chi connectivity index (χ0) is 31.8. The number of methoxy groups -OCH3 is 1. The predicted octanol–water partition coefficient (Wildman–Crippen LogP) is 6.60. The minimum atomic E-state index is -0.682. The van der Waals surface area contributed by atoms with E-state index >= 15 is 4.39 Å². The van der Waals surface area contributed by atoms with Crippen molar-refractivity contribution in [3.8, 4) is 33.6 Å². The van der Waals surface area contributed by atoms with Crippen molar-refractivity contribution in [2.24, 2.45) is 0 Å². The Balaban J connectivity index is 1.21. The Hall–Kier alpha value is -5.07. The summed E-state index contributed by atoms with van der Waals surface area (Å²) in [7, 11) is 5.53. The molecule has 2 N–H and O–H groups in total. The summed E-state index contributed by atoms with van der Waals surface area (Å²) >= 11 is 1.45. The highest BCUT2D eigenvalue weighted by Crippen LogP contribution is 2.40. The predicted molar refractivity (Wildman–Crippen MR) is 173 cm³/mol. The average Bonchev–Trinajstić information content (AvgIpc) is 3.46. The number of anilines is 2. The van der Waals surface area contributed by atoms with E-state index in [1.807, 2.05) is 32.3 Å². The first-order valence-corrected chi connectivity index (χ1v) is 14.9. The van der Waals surface area contributed by atoms with Crippen LogP contribution in [0.3, 0.4) is 0 Å². The summed E-state index contributed by atoms with van der Waals surface area (Å²) in [5, 5.41) is 5.18. The number of rotatable bonds is 13. The number of nitrogens with zero attached hydrogens (tertiary/aromatic N) is 3. The number of thiophene rings is 1. The zero-order valence-electron chi connectivity index (χ0n) is 25.0. The number of amides is 2. The van der Waals surface area contributed by atoms with Crippen LogP contribution in [0.4, 0.5) is 15.8 Å². The van der Waals surface area contributed by atoms with Crippen molar-refractivity contribution in [2.45, 2.75) is 12.8 Å². The maximum Gasteiger partial charge on any atom is 0.233 e. The van der Waals surface area contributed by atoms with Crippen LogP contribution < -0.4 is 24.8 Å². The van der Waals surface area contributed by atoms with Gasteiger partial charge in [0.15, 0.2) is 11.6 Å². The van der Waals surface area contributed by atoms with Gasteiger partial charge in [-0.3, -0.25) is 14.6 Å². The van der Waals surface area contributed by atoms with Crippen LogP contribution in [0, 0.1) is 5.82 Å². The van der Waals surface area contributed by atoms with Gasteiger partial charge in [0, 0.05) is 53.3 Å². The number of pyridine rings is 2. The third kappa shape index (κ3) is 8.31. The van der Waals surface area contributed by atoms with E-state index in [2.05, 4.69) is 25.5 Å². The van der Waals surface area contributed by atoms with Crippen molar-refractivity contribution in [3.63, 3.8) is 0 Å². The van der Waals surface area contributed by atoms with E-state index in [0.717, 1.165) is 34.2 Å². The van der Waals surface area contributed by atoms with Gasteiger partial charge < -0.3 is 29.7 Å². The molecule has 0 saturated heterocycles. The lowest BCUT2D eigenvalue weighted by Crippen LogP contribution is -2.21. The second kappa shape index (κ2) is 14.6. The standard InChI is InChI=1S/C33H32FN5O5S/c1-39(2)15-6-16-43-32-12-9-21(20-36-32)29-18-25-33(45-29)28(13-14-35-25)44-26-11-10-22(17-23(26)34)37-30(40)19-31(41)38-24-7-4-5-8-27(24)42-3/h4-5,7-14,17-18,20H,6,15-16,19H2,1-3H3,(H,37,40)(H,38,41). The van der Waals surface area contributed by atoms with E-state index in [1.165, 1.54) is 30.6 Å². The van der Waals surface area contributed by atoms with Gasteiger partial charge >= 0.3 is 0 Å². The highest BCUT2D eigenvalue weighted by Gasteiger charge is 2.16. The van der Waals surface area contributed by atoms with Gasteiger partial charge in [0.25, 0.3) is 0 Å². The molecule has 0 unspecified atom stereocenters. The number of ether oxygens (including phenoxy) is 3. The first kappa shape index (κ1) is 31.4. The first-order chi connectivity index (χ1) is 21.8. The van der Waals surface area contributed by atoms with Crippen LogP contribution in [0.1, 0.15) is 12.8 Å². The molecule has 0 aliphatic rings. The summed E-state index contributed by atoms with van der Waals surface area (Å²) in [6.07, 6.45) is 3.79. The monoisotopic (exact) mass is 629 g/mol. The van der Waals surface area contributed by atoms with Crippen LogP contribution in [0.25, 0.3) is 20.7 Å². The molecule has 232 valence electrons. The van der Waals surface area contributed by atoms with Crippen LogP contribution in [0.15, 0.2) is 79.1 Å². The lowest BCUT2D eigenvalue weighted by atomic mass is 10.2.